The number of ether oxygens (including phenoxy) is 2. The number of fused-ring (bicyclic) bond motifs is 1. The Morgan fingerprint density at radius 1 is 1.26 bits per heavy atom. The minimum Gasteiger partial charge on any atom is -0.376 e. The average Bonchev–Trinajstić information content (AvgIpc) is 2.72. The van der Waals surface area contributed by atoms with E-state index in [2.05, 4.69) is 0 Å². The van der Waals surface area contributed by atoms with E-state index in [0.29, 0.717) is 11.7 Å². The Hall–Kier alpha value is -2.25. The van der Waals surface area contributed by atoms with E-state index in [0.717, 1.165) is 0 Å². The molecular formula is C16H17NO6. The van der Waals surface area contributed by atoms with Gasteiger partial charge in [-0.3, -0.25) is 9.59 Å². The number of rotatable bonds is 3. The Balaban J connectivity index is 1.63. The van der Waals surface area contributed by atoms with Gasteiger partial charge in [0, 0.05) is 0 Å². The second-order valence-corrected chi connectivity index (χ2v) is 6.13. The summed E-state index contributed by atoms with van der Waals surface area (Å²) in [5, 5.41) is 0.502. The first kappa shape index (κ1) is 15.6. The summed E-state index contributed by atoms with van der Waals surface area (Å²) < 4.78 is 11.1. The highest BCUT2D eigenvalue weighted by molar-refractivity contribution is 6.20. The molecule has 2 aliphatic heterocycles. The molecule has 7 nitrogen and oxygen atoms in total. The lowest BCUT2D eigenvalue weighted by atomic mass is 10.1. The first-order valence-corrected chi connectivity index (χ1v) is 7.31. The molecule has 122 valence electrons. The van der Waals surface area contributed by atoms with E-state index in [1.807, 2.05) is 13.8 Å². The predicted molar refractivity (Wildman–Crippen MR) is 77.4 cm³/mol. The molecule has 7 heteroatoms. The maximum absolute atomic E-state index is 12.1. The molecule has 2 heterocycles. The molecule has 1 unspecified atom stereocenters. The molecule has 0 radical (unpaired) electrons. The number of carbonyl (C=O) groups excluding carboxylic acids is 3. The number of imide groups is 1. The molecule has 0 bridgehead atoms. The summed E-state index contributed by atoms with van der Waals surface area (Å²) in [6, 6.07) is 6.32. The second-order valence-electron chi connectivity index (χ2n) is 6.13. The first-order chi connectivity index (χ1) is 10.9. The molecule has 1 aromatic carbocycles. The summed E-state index contributed by atoms with van der Waals surface area (Å²) in [5.74, 6) is -1.99. The maximum atomic E-state index is 12.1. The van der Waals surface area contributed by atoms with E-state index >= 15 is 0 Å². The predicted octanol–water partition coefficient (Wildman–Crippen LogP) is 1.32. The summed E-state index contributed by atoms with van der Waals surface area (Å²) in [7, 11) is 0. The van der Waals surface area contributed by atoms with Gasteiger partial charge in [0.25, 0.3) is 11.8 Å². The fraction of sp³-hybridized carbons (Fsp3) is 0.438. The molecule has 2 amide bonds. The standard InChI is InChI=1S/C16H17NO6/c1-16(2)9-21-8-10(22-16)7-13(18)23-17-14(19)11-5-3-4-6-12(11)15(17)20/h3-6,10H,7-9H2,1-2H3. The molecule has 0 saturated carbocycles. The van der Waals surface area contributed by atoms with Gasteiger partial charge in [0.15, 0.2) is 0 Å². The van der Waals surface area contributed by atoms with E-state index in [4.69, 9.17) is 14.3 Å². The van der Waals surface area contributed by atoms with Gasteiger partial charge in [0.05, 0.1) is 42.5 Å². The smallest absolute Gasteiger partial charge is 0.335 e. The summed E-state index contributed by atoms with van der Waals surface area (Å²) in [4.78, 5) is 41.2. The Labute approximate surface area is 133 Å². The Morgan fingerprint density at radius 2 is 1.87 bits per heavy atom. The number of hydrogen-bond acceptors (Lipinski definition) is 6. The van der Waals surface area contributed by atoms with Crippen molar-refractivity contribution in [3.8, 4) is 0 Å². The highest BCUT2D eigenvalue weighted by atomic mass is 16.7. The van der Waals surface area contributed by atoms with Crippen molar-refractivity contribution in [3.05, 3.63) is 35.4 Å². The number of amides is 2. The summed E-state index contributed by atoms with van der Waals surface area (Å²) in [5.41, 5.74) is -0.0361. The van der Waals surface area contributed by atoms with Crippen LogP contribution in [0.1, 0.15) is 41.0 Å². The van der Waals surface area contributed by atoms with Gasteiger partial charge in [-0.1, -0.05) is 17.2 Å². The monoisotopic (exact) mass is 319 g/mol. The molecule has 3 rings (SSSR count). The van der Waals surface area contributed by atoms with Gasteiger partial charge in [-0.05, 0) is 26.0 Å². The zero-order valence-corrected chi connectivity index (χ0v) is 12.9. The van der Waals surface area contributed by atoms with Crippen LogP contribution in [0.5, 0.6) is 0 Å². The van der Waals surface area contributed by atoms with Crippen LogP contribution >= 0.6 is 0 Å². The first-order valence-electron chi connectivity index (χ1n) is 7.31. The van der Waals surface area contributed by atoms with Crippen LogP contribution < -0.4 is 0 Å². The zero-order valence-electron chi connectivity index (χ0n) is 12.9. The molecule has 1 saturated heterocycles. The van der Waals surface area contributed by atoms with Crippen molar-refractivity contribution in [1.82, 2.24) is 5.06 Å². The molecule has 0 N–H and O–H groups in total. The van der Waals surface area contributed by atoms with E-state index in [-0.39, 0.29) is 24.2 Å². The van der Waals surface area contributed by atoms with Gasteiger partial charge in [-0.25, -0.2) is 4.79 Å². The third-order valence-corrected chi connectivity index (χ3v) is 3.58. The number of benzene rings is 1. The quantitative estimate of drug-likeness (QED) is 0.782. The van der Waals surface area contributed by atoms with Crippen LogP contribution in [-0.2, 0) is 19.1 Å². The van der Waals surface area contributed by atoms with E-state index in [9.17, 15) is 14.4 Å². The zero-order chi connectivity index (χ0) is 16.6. The Kier molecular flexibility index (Phi) is 3.91. The van der Waals surface area contributed by atoms with E-state index < -0.39 is 29.5 Å². The number of nitrogens with zero attached hydrogens (tertiary/aromatic N) is 1. The van der Waals surface area contributed by atoms with Crippen molar-refractivity contribution in [2.75, 3.05) is 13.2 Å². The van der Waals surface area contributed by atoms with Crippen LogP contribution in [0.2, 0.25) is 0 Å². The van der Waals surface area contributed by atoms with Gasteiger partial charge in [-0.15, -0.1) is 0 Å². The van der Waals surface area contributed by atoms with Gasteiger partial charge in [0.1, 0.15) is 0 Å². The highest BCUT2D eigenvalue weighted by Gasteiger charge is 2.39. The van der Waals surface area contributed by atoms with Crippen LogP contribution in [-0.4, -0.2) is 47.8 Å². The van der Waals surface area contributed by atoms with Gasteiger partial charge in [0.2, 0.25) is 0 Å². The minimum absolute atomic E-state index is 0.100. The fourth-order valence-electron chi connectivity index (χ4n) is 2.63. The number of hydroxylamine groups is 2. The van der Waals surface area contributed by atoms with E-state index in [1.165, 1.54) is 12.1 Å². The van der Waals surface area contributed by atoms with Crippen molar-refractivity contribution >= 4 is 17.8 Å². The van der Waals surface area contributed by atoms with E-state index in [1.54, 1.807) is 12.1 Å². The van der Waals surface area contributed by atoms with Gasteiger partial charge >= 0.3 is 5.97 Å². The molecule has 1 aromatic rings. The Bertz CT molecular complexity index is 633. The molecule has 23 heavy (non-hydrogen) atoms. The van der Waals surface area contributed by atoms with Crippen molar-refractivity contribution < 1.29 is 28.7 Å². The van der Waals surface area contributed by atoms with Crippen molar-refractivity contribution in [2.45, 2.75) is 32.0 Å². The van der Waals surface area contributed by atoms with Crippen LogP contribution in [0.15, 0.2) is 24.3 Å². The third kappa shape index (κ3) is 3.11. The summed E-state index contributed by atoms with van der Waals surface area (Å²) in [6.45, 7) is 4.42. The number of carbonyl (C=O) groups is 3. The lowest BCUT2D eigenvalue weighted by molar-refractivity contribution is -0.198. The van der Waals surface area contributed by atoms with Crippen molar-refractivity contribution in [1.29, 1.82) is 0 Å². The molecular weight excluding hydrogens is 302 g/mol. The van der Waals surface area contributed by atoms with Crippen LogP contribution in [0.4, 0.5) is 0 Å². The average molecular weight is 319 g/mol. The molecule has 1 fully saturated rings. The molecule has 0 spiro atoms. The maximum Gasteiger partial charge on any atom is 0.335 e. The Morgan fingerprint density at radius 3 is 2.43 bits per heavy atom. The fourth-order valence-corrected chi connectivity index (χ4v) is 2.63. The minimum atomic E-state index is -0.717. The molecule has 0 aromatic heterocycles. The third-order valence-electron chi connectivity index (χ3n) is 3.58. The van der Waals surface area contributed by atoms with Crippen molar-refractivity contribution in [3.63, 3.8) is 0 Å². The normalized spacial score (nSPS) is 22.9. The molecule has 0 aliphatic carbocycles. The second kappa shape index (κ2) is 5.75. The summed E-state index contributed by atoms with van der Waals surface area (Å²) in [6.07, 6.45) is -0.571. The van der Waals surface area contributed by atoms with Gasteiger partial charge < -0.3 is 14.3 Å². The molecule has 1 atom stereocenters. The lowest BCUT2D eigenvalue weighted by Crippen LogP contribution is -2.44. The van der Waals surface area contributed by atoms with Crippen molar-refractivity contribution in [2.24, 2.45) is 0 Å². The van der Waals surface area contributed by atoms with Crippen LogP contribution in [0.3, 0.4) is 0 Å². The SMILES string of the molecule is CC1(C)COCC(CC(=O)ON2C(=O)c3ccccc3C2=O)O1. The topological polar surface area (TPSA) is 82.1 Å². The highest BCUT2D eigenvalue weighted by Crippen LogP contribution is 2.24. The largest absolute Gasteiger partial charge is 0.376 e. The number of hydrogen-bond donors (Lipinski definition) is 0. The molecule has 2 aliphatic rings. The van der Waals surface area contributed by atoms with Gasteiger partial charge in [-0.2, -0.15) is 0 Å². The lowest BCUT2D eigenvalue weighted by Gasteiger charge is -2.35. The van der Waals surface area contributed by atoms with Crippen LogP contribution in [0.25, 0.3) is 0 Å². The summed E-state index contributed by atoms with van der Waals surface area (Å²) >= 11 is 0. The van der Waals surface area contributed by atoms with Crippen LogP contribution in [0, 0.1) is 0 Å².